The number of likely N-dealkylation sites (tertiary alicyclic amines) is 1. The predicted molar refractivity (Wildman–Crippen MR) is 97.6 cm³/mol. The molecule has 1 saturated carbocycles. The highest BCUT2D eigenvalue weighted by molar-refractivity contribution is 5.79. The number of hydrogen-bond acceptors (Lipinski definition) is 5. The van der Waals surface area contributed by atoms with E-state index >= 15 is 0 Å². The number of aliphatic hydroxyl groups excluding tert-OH is 1. The molecule has 2 amide bonds. The molecule has 3 atom stereocenters. The lowest BCUT2D eigenvalue weighted by atomic mass is 9.82. The van der Waals surface area contributed by atoms with Crippen LogP contribution in [0.1, 0.15) is 51.4 Å². The van der Waals surface area contributed by atoms with Crippen molar-refractivity contribution in [1.82, 2.24) is 15.5 Å². The first kappa shape index (κ1) is 19.6. The molecule has 3 N–H and O–H groups in total. The third kappa shape index (κ3) is 5.41. The Kier molecular flexibility index (Phi) is 7.28. The molecule has 2 saturated heterocycles. The Bertz CT molecular complexity index is 481. The Balaban J connectivity index is 1.32. The van der Waals surface area contributed by atoms with Crippen LogP contribution in [0.4, 0.5) is 0 Å². The Hall–Kier alpha value is -1.18. The number of nitrogens with zero attached hydrogens (tertiary/aromatic N) is 1. The van der Waals surface area contributed by atoms with Crippen LogP contribution in [0.3, 0.4) is 0 Å². The Morgan fingerprint density at radius 2 is 2.04 bits per heavy atom. The maximum atomic E-state index is 12.4. The van der Waals surface area contributed by atoms with Gasteiger partial charge in [-0.15, -0.1) is 0 Å². The summed E-state index contributed by atoms with van der Waals surface area (Å²) < 4.78 is 5.37. The minimum atomic E-state index is -0.468. The molecular weight excluding hydrogens is 334 g/mol. The molecule has 1 aliphatic carbocycles. The molecule has 7 heteroatoms. The normalized spacial score (nSPS) is 30.6. The molecule has 3 aliphatic rings. The maximum absolute atomic E-state index is 12.4. The predicted octanol–water partition coefficient (Wildman–Crippen LogP) is 0.413. The monoisotopic (exact) mass is 367 g/mol. The molecule has 2 heterocycles. The second kappa shape index (κ2) is 9.67. The van der Waals surface area contributed by atoms with E-state index in [4.69, 9.17) is 4.74 Å². The molecule has 0 unspecified atom stereocenters. The first-order valence-corrected chi connectivity index (χ1v) is 10.2. The van der Waals surface area contributed by atoms with E-state index in [1.54, 1.807) is 0 Å². The second-order valence-electron chi connectivity index (χ2n) is 7.87. The van der Waals surface area contributed by atoms with Gasteiger partial charge in [-0.05, 0) is 44.9 Å². The van der Waals surface area contributed by atoms with Crippen LogP contribution in [0.15, 0.2) is 0 Å². The van der Waals surface area contributed by atoms with Crippen molar-refractivity contribution in [2.24, 2.45) is 5.92 Å². The van der Waals surface area contributed by atoms with Gasteiger partial charge in [-0.3, -0.25) is 9.59 Å². The number of rotatable bonds is 7. The van der Waals surface area contributed by atoms with Gasteiger partial charge < -0.3 is 25.4 Å². The molecule has 3 rings (SSSR count). The minimum absolute atomic E-state index is 0.0429. The number of carbonyl (C=O) groups is 2. The van der Waals surface area contributed by atoms with Crippen molar-refractivity contribution < 1.29 is 19.4 Å². The zero-order chi connectivity index (χ0) is 18.4. The second-order valence-corrected chi connectivity index (χ2v) is 7.87. The zero-order valence-corrected chi connectivity index (χ0v) is 15.6. The molecule has 0 spiro atoms. The number of hydrogen-bond donors (Lipinski definition) is 3. The molecule has 148 valence electrons. The highest BCUT2D eigenvalue weighted by Crippen LogP contribution is 2.26. The summed E-state index contributed by atoms with van der Waals surface area (Å²) in [6.45, 7) is 3.74. The van der Waals surface area contributed by atoms with Crippen LogP contribution >= 0.6 is 0 Å². The summed E-state index contributed by atoms with van der Waals surface area (Å²) in [6, 6.07) is 0.505. The lowest BCUT2D eigenvalue weighted by Crippen LogP contribution is -2.51. The molecule has 26 heavy (non-hydrogen) atoms. The first-order chi connectivity index (χ1) is 12.6. The van der Waals surface area contributed by atoms with Crippen LogP contribution in [0, 0.1) is 5.92 Å². The fraction of sp³-hybridized carbons (Fsp3) is 0.895. The topological polar surface area (TPSA) is 90.9 Å². The van der Waals surface area contributed by atoms with Crippen LogP contribution < -0.4 is 10.6 Å². The molecule has 2 aliphatic heterocycles. The molecule has 0 aromatic rings. The van der Waals surface area contributed by atoms with E-state index in [1.807, 2.05) is 4.90 Å². The molecule has 0 bridgehead atoms. The lowest BCUT2D eigenvalue weighted by Gasteiger charge is -2.36. The number of ether oxygens (including phenoxy) is 1. The Morgan fingerprint density at radius 1 is 1.23 bits per heavy atom. The van der Waals surface area contributed by atoms with E-state index in [0.29, 0.717) is 25.4 Å². The summed E-state index contributed by atoms with van der Waals surface area (Å²) in [4.78, 5) is 25.8. The standard InChI is InChI=1S/C19H33N3O4/c23-17-13-14(4-5-16(17)21-15-6-11-26-12-7-15)19(25)20-8-2-10-22-9-1-3-18(22)24/h14-17,21,23H,1-13H2,(H,20,25)/t14-,16-,17-/m0/s1. The Morgan fingerprint density at radius 3 is 2.73 bits per heavy atom. The fourth-order valence-electron chi connectivity index (χ4n) is 4.31. The molecule has 7 nitrogen and oxygen atoms in total. The summed E-state index contributed by atoms with van der Waals surface area (Å²) in [7, 11) is 0. The van der Waals surface area contributed by atoms with Crippen molar-refractivity contribution >= 4 is 11.8 Å². The SMILES string of the molecule is O=C(NCCCN1CCCC1=O)[C@H]1CC[C@H](NC2CCOCC2)[C@@H](O)C1. The lowest BCUT2D eigenvalue weighted by molar-refractivity contribution is -0.127. The van der Waals surface area contributed by atoms with E-state index in [-0.39, 0.29) is 23.8 Å². The van der Waals surface area contributed by atoms with Crippen LogP contribution in [-0.4, -0.2) is 72.9 Å². The quantitative estimate of drug-likeness (QED) is 0.567. The van der Waals surface area contributed by atoms with Gasteiger partial charge in [-0.1, -0.05) is 0 Å². The minimum Gasteiger partial charge on any atom is -0.391 e. The van der Waals surface area contributed by atoms with Crippen molar-refractivity contribution in [3.8, 4) is 0 Å². The van der Waals surface area contributed by atoms with Gasteiger partial charge in [0.05, 0.1) is 6.10 Å². The van der Waals surface area contributed by atoms with Crippen molar-refractivity contribution in [3.05, 3.63) is 0 Å². The van der Waals surface area contributed by atoms with Gasteiger partial charge in [-0.25, -0.2) is 0 Å². The van der Waals surface area contributed by atoms with E-state index in [1.165, 1.54) is 0 Å². The van der Waals surface area contributed by atoms with Crippen molar-refractivity contribution in [2.45, 2.75) is 69.6 Å². The van der Waals surface area contributed by atoms with E-state index < -0.39 is 6.10 Å². The summed E-state index contributed by atoms with van der Waals surface area (Å²) in [5.41, 5.74) is 0. The fourth-order valence-corrected chi connectivity index (χ4v) is 4.31. The zero-order valence-electron chi connectivity index (χ0n) is 15.6. The molecule has 0 radical (unpaired) electrons. The smallest absolute Gasteiger partial charge is 0.223 e. The van der Waals surface area contributed by atoms with Gasteiger partial charge in [0.2, 0.25) is 11.8 Å². The van der Waals surface area contributed by atoms with Gasteiger partial charge in [-0.2, -0.15) is 0 Å². The molecule has 3 fully saturated rings. The number of nitrogens with one attached hydrogen (secondary N) is 2. The maximum Gasteiger partial charge on any atom is 0.223 e. The first-order valence-electron chi connectivity index (χ1n) is 10.2. The molecule has 0 aromatic heterocycles. The molecular formula is C19H33N3O4. The highest BCUT2D eigenvalue weighted by Gasteiger charge is 2.34. The van der Waals surface area contributed by atoms with Crippen molar-refractivity contribution in [1.29, 1.82) is 0 Å². The van der Waals surface area contributed by atoms with E-state index in [0.717, 1.165) is 64.8 Å². The van der Waals surface area contributed by atoms with Crippen LogP contribution in [0.2, 0.25) is 0 Å². The summed E-state index contributed by atoms with van der Waals surface area (Å²) >= 11 is 0. The van der Waals surface area contributed by atoms with Gasteiger partial charge in [0.1, 0.15) is 0 Å². The average molecular weight is 367 g/mol. The highest BCUT2D eigenvalue weighted by atomic mass is 16.5. The molecule has 0 aromatic carbocycles. The Labute approximate surface area is 155 Å². The number of aliphatic hydroxyl groups is 1. The van der Waals surface area contributed by atoms with Gasteiger partial charge >= 0.3 is 0 Å². The van der Waals surface area contributed by atoms with Crippen LogP contribution in [0.5, 0.6) is 0 Å². The van der Waals surface area contributed by atoms with Crippen LogP contribution in [-0.2, 0) is 14.3 Å². The number of carbonyl (C=O) groups excluding carboxylic acids is 2. The van der Waals surface area contributed by atoms with E-state index in [2.05, 4.69) is 10.6 Å². The van der Waals surface area contributed by atoms with Crippen molar-refractivity contribution in [3.63, 3.8) is 0 Å². The van der Waals surface area contributed by atoms with Crippen LogP contribution in [0.25, 0.3) is 0 Å². The largest absolute Gasteiger partial charge is 0.391 e. The summed E-state index contributed by atoms with van der Waals surface area (Å²) in [5, 5.41) is 17.0. The van der Waals surface area contributed by atoms with E-state index in [9.17, 15) is 14.7 Å². The van der Waals surface area contributed by atoms with Gasteiger partial charge in [0.15, 0.2) is 0 Å². The third-order valence-electron chi connectivity index (χ3n) is 5.93. The number of amides is 2. The van der Waals surface area contributed by atoms with Gasteiger partial charge in [0.25, 0.3) is 0 Å². The van der Waals surface area contributed by atoms with Gasteiger partial charge in [0, 0.05) is 57.3 Å². The third-order valence-corrected chi connectivity index (χ3v) is 5.93. The summed E-state index contributed by atoms with van der Waals surface area (Å²) in [5.74, 6) is 0.169. The van der Waals surface area contributed by atoms with Crippen molar-refractivity contribution in [2.75, 3.05) is 32.8 Å². The average Bonchev–Trinajstić information content (AvgIpc) is 3.06. The summed E-state index contributed by atoms with van der Waals surface area (Å²) in [6.07, 6.45) is 6.10.